The highest BCUT2D eigenvalue weighted by Crippen LogP contribution is 2.18. The van der Waals surface area contributed by atoms with Crippen molar-refractivity contribution in [2.75, 3.05) is 4.72 Å². The second kappa shape index (κ2) is 3.87. The SMILES string of the molecule is NS(=O)(=O)Nc1ccccc1-n1cnnn1. The fourth-order valence-electron chi connectivity index (χ4n) is 1.18. The first-order chi connectivity index (χ1) is 7.56. The first-order valence-corrected chi connectivity index (χ1v) is 5.74. The van der Waals surface area contributed by atoms with Crippen LogP contribution in [-0.4, -0.2) is 28.6 Å². The van der Waals surface area contributed by atoms with E-state index in [0.29, 0.717) is 11.4 Å². The number of nitrogens with one attached hydrogen (secondary N) is 1. The van der Waals surface area contributed by atoms with Gasteiger partial charge in [-0.2, -0.15) is 13.1 Å². The third-order valence-corrected chi connectivity index (χ3v) is 2.26. The lowest BCUT2D eigenvalue weighted by molar-refractivity contribution is 0.603. The van der Waals surface area contributed by atoms with Crippen LogP contribution in [0.1, 0.15) is 0 Å². The largest absolute Gasteiger partial charge is 0.296 e. The number of rotatable bonds is 3. The van der Waals surface area contributed by atoms with Crippen LogP contribution in [0.25, 0.3) is 5.69 Å². The van der Waals surface area contributed by atoms with Gasteiger partial charge in [0, 0.05) is 0 Å². The van der Waals surface area contributed by atoms with E-state index in [1.165, 1.54) is 11.0 Å². The molecule has 0 radical (unpaired) electrons. The average Bonchev–Trinajstić information content (AvgIpc) is 2.69. The number of aromatic nitrogens is 4. The molecule has 1 heterocycles. The third kappa shape index (κ3) is 2.32. The second-order valence-corrected chi connectivity index (χ2v) is 4.21. The molecule has 84 valence electrons. The van der Waals surface area contributed by atoms with Gasteiger partial charge in [0.05, 0.1) is 11.4 Å². The van der Waals surface area contributed by atoms with Crippen molar-refractivity contribution in [1.29, 1.82) is 0 Å². The number of nitrogens with two attached hydrogens (primary N) is 1. The van der Waals surface area contributed by atoms with Gasteiger partial charge in [-0.1, -0.05) is 12.1 Å². The number of anilines is 1. The quantitative estimate of drug-likeness (QED) is 0.734. The van der Waals surface area contributed by atoms with Gasteiger partial charge in [-0.15, -0.1) is 5.10 Å². The van der Waals surface area contributed by atoms with Crippen LogP contribution in [0.4, 0.5) is 5.69 Å². The summed E-state index contributed by atoms with van der Waals surface area (Å²) in [5.74, 6) is 0. The Balaban J connectivity index is 2.47. The van der Waals surface area contributed by atoms with E-state index in [2.05, 4.69) is 20.2 Å². The molecule has 0 aliphatic rings. The van der Waals surface area contributed by atoms with Crippen molar-refractivity contribution in [2.24, 2.45) is 5.14 Å². The standard InChI is InChI=1S/C7H8N6O2S/c8-16(14,15)10-6-3-1-2-4-7(6)13-5-9-11-12-13/h1-5,10H,(H2,8,14,15). The van der Waals surface area contributed by atoms with Crippen molar-refractivity contribution in [1.82, 2.24) is 20.2 Å². The molecule has 0 spiro atoms. The van der Waals surface area contributed by atoms with Crippen LogP contribution in [0.3, 0.4) is 0 Å². The third-order valence-electron chi connectivity index (χ3n) is 1.75. The summed E-state index contributed by atoms with van der Waals surface area (Å²) >= 11 is 0. The molecule has 1 aromatic heterocycles. The predicted octanol–water partition coefficient (Wildman–Crippen LogP) is -0.722. The highest BCUT2D eigenvalue weighted by Gasteiger charge is 2.09. The fraction of sp³-hybridized carbons (Fsp3) is 0. The van der Waals surface area contributed by atoms with Crippen LogP contribution in [-0.2, 0) is 10.2 Å². The highest BCUT2D eigenvalue weighted by molar-refractivity contribution is 7.90. The number of hydrogen-bond donors (Lipinski definition) is 2. The molecule has 0 bridgehead atoms. The number of para-hydroxylation sites is 2. The van der Waals surface area contributed by atoms with Crippen LogP contribution < -0.4 is 9.86 Å². The molecule has 0 amide bonds. The minimum Gasteiger partial charge on any atom is -0.269 e. The molecule has 2 rings (SSSR count). The molecule has 9 heteroatoms. The number of benzene rings is 1. The van der Waals surface area contributed by atoms with E-state index in [4.69, 9.17) is 5.14 Å². The van der Waals surface area contributed by atoms with E-state index >= 15 is 0 Å². The molecule has 0 aliphatic heterocycles. The maximum Gasteiger partial charge on any atom is 0.296 e. The van der Waals surface area contributed by atoms with E-state index in [9.17, 15) is 8.42 Å². The second-order valence-electron chi connectivity index (χ2n) is 2.92. The van der Waals surface area contributed by atoms with Gasteiger partial charge in [0.25, 0.3) is 10.2 Å². The van der Waals surface area contributed by atoms with Crippen molar-refractivity contribution >= 4 is 15.9 Å². The van der Waals surface area contributed by atoms with Crippen LogP contribution in [0.2, 0.25) is 0 Å². The Bertz CT molecular complexity index is 579. The van der Waals surface area contributed by atoms with Crippen LogP contribution in [0, 0.1) is 0 Å². The number of tetrazole rings is 1. The Morgan fingerprint density at radius 3 is 2.69 bits per heavy atom. The summed E-state index contributed by atoms with van der Waals surface area (Å²) in [5, 5.41) is 15.5. The van der Waals surface area contributed by atoms with Crippen LogP contribution in [0.5, 0.6) is 0 Å². The molecule has 1 aromatic carbocycles. The van der Waals surface area contributed by atoms with Gasteiger partial charge in [-0.05, 0) is 22.6 Å². The number of nitrogens with zero attached hydrogens (tertiary/aromatic N) is 4. The van der Waals surface area contributed by atoms with E-state index in [-0.39, 0.29) is 0 Å². The van der Waals surface area contributed by atoms with Crippen LogP contribution >= 0.6 is 0 Å². The molecular weight excluding hydrogens is 232 g/mol. The molecule has 0 unspecified atom stereocenters. The van der Waals surface area contributed by atoms with E-state index < -0.39 is 10.2 Å². The Kier molecular flexibility index (Phi) is 2.54. The van der Waals surface area contributed by atoms with Crippen LogP contribution in [0.15, 0.2) is 30.6 Å². The maximum absolute atomic E-state index is 10.9. The molecule has 2 aromatic rings. The highest BCUT2D eigenvalue weighted by atomic mass is 32.2. The topological polar surface area (TPSA) is 116 Å². The molecule has 8 nitrogen and oxygen atoms in total. The van der Waals surface area contributed by atoms with Gasteiger partial charge in [-0.25, -0.2) is 5.14 Å². The van der Waals surface area contributed by atoms with Gasteiger partial charge in [0.1, 0.15) is 6.33 Å². The minimum atomic E-state index is -3.82. The summed E-state index contributed by atoms with van der Waals surface area (Å²) in [4.78, 5) is 0. The average molecular weight is 240 g/mol. The zero-order valence-corrected chi connectivity index (χ0v) is 8.79. The summed E-state index contributed by atoms with van der Waals surface area (Å²) in [5.41, 5.74) is 0.791. The van der Waals surface area contributed by atoms with E-state index in [0.717, 1.165) is 0 Å². The zero-order valence-electron chi connectivity index (χ0n) is 7.98. The van der Waals surface area contributed by atoms with E-state index in [1.54, 1.807) is 24.3 Å². The summed E-state index contributed by atoms with van der Waals surface area (Å²) < 4.78 is 25.4. The zero-order chi connectivity index (χ0) is 11.6. The van der Waals surface area contributed by atoms with E-state index in [1.807, 2.05) is 0 Å². The molecule has 0 saturated heterocycles. The molecule has 0 saturated carbocycles. The van der Waals surface area contributed by atoms with Gasteiger partial charge >= 0.3 is 0 Å². The first-order valence-electron chi connectivity index (χ1n) is 4.19. The maximum atomic E-state index is 10.9. The first kappa shape index (κ1) is 10.5. The minimum absolute atomic E-state index is 0.303. The smallest absolute Gasteiger partial charge is 0.269 e. The predicted molar refractivity (Wildman–Crippen MR) is 55.9 cm³/mol. The Morgan fingerprint density at radius 1 is 1.31 bits per heavy atom. The van der Waals surface area contributed by atoms with Gasteiger partial charge in [0.2, 0.25) is 0 Å². The Morgan fingerprint density at radius 2 is 2.06 bits per heavy atom. The fourth-order valence-corrected chi connectivity index (χ4v) is 1.66. The molecule has 0 aliphatic carbocycles. The lowest BCUT2D eigenvalue weighted by Crippen LogP contribution is -2.22. The lowest BCUT2D eigenvalue weighted by atomic mass is 10.3. The Labute approximate surface area is 91.3 Å². The molecule has 3 N–H and O–H groups in total. The van der Waals surface area contributed by atoms with Crippen molar-refractivity contribution in [3.63, 3.8) is 0 Å². The monoisotopic (exact) mass is 240 g/mol. The summed E-state index contributed by atoms with van der Waals surface area (Å²) in [6.07, 6.45) is 1.35. The normalized spacial score (nSPS) is 11.3. The molecule has 0 fully saturated rings. The summed E-state index contributed by atoms with van der Waals surface area (Å²) in [6.45, 7) is 0. The van der Waals surface area contributed by atoms with Crippen molar-refractivity contribution < 1.29 is 8.42 Å². The Hall–Kier alpha value is -2.00. The van der Waals surface area contributed by atoms with Gasteiger partial charge in [-0.3, -0.25) is 4.72 Å². The van der Waals surface area contributed by atoms with Crippen molar-refractivity contribution in [2.45, 2.75) is 0 Å². The summed E-state index contributed by atoms with van der Waals surface area (Å²) in [6, 6.07) is 6.61. The van der Waals surface area contributed by atoms with Gasteiger partial charge in [0.15, 0.2) is 0 Å². The molecule has 16 heavy (non-hydrogen) atoms. The summed E-state index contributed by atoms with van der Waals surface area (Å²) in [7, 11) is -3.82. The number of hydrogen-bond acceptors (Lipinski definition) is 5. The molecular formula is C7H8N6O2S. The van der Waals surface area contributed by atoms with Gasteiger partial charge < -0.3 is 0 Å². The molecule has 0 atom stereocenters. The van der Waals surface area contributed by atoms with Crippen molar-refractivity contribution in [3.8, 4) is 5.69 Å². The lowest BCUT2D eigenvalue weighted by Gasteiger charge is -2.08. The van der Waals surface area contributed by atoms with Crippen molar-refractivity contribution in [3.05, 3.63) is 30.6 Å².